The van der Waals surface area contributed by atoms with Crippen LogP contribution in [-0.2, 0) is 16.1 Å². The number of hydrogen-bond donors (Lipinski definition) is 0. The Morgan fingerprint density at radius 3 is 2.72 bits per heavy atom. The molecule has 4 nitrogen and oxygen atoms in total. The first-order chi connectivity index (χ1) is 8.70. The molecular formula is C14H17NO3. The number of carbonyl (C=O) groups is 2. The molecule has 1 amide bonds. The Balaban J connectivity index is 1.84. The van der Waals surface area contributed by atoms with Crippen LogP contribution in [-0.4, -0.2) is 29.9 Å². The number of amides is 1. The molecule has 1 unspecified atom stereocenters. The van der Waals surface area contributed by atoms with Gasteiger partial charge in [0, 0.05) is 12.5 Å². The first kappa shape index (κ1) is 12.6. The second-order valence-electron chi connectivity index (χ2n) is 4.49. The van der Waals surface area contributed by atoms with Crippen LogP contribution in [0.5, 0.6) is 0 Å². The molecule has 1 aromatic carbocycles. The zero-order chi connectivity index (χ0) is 13.0. The maximum atomic E-state index is 11.8. The molecule has 0 bridgehead atoms. The van der Waals surface area contributed by atoms with Crippen molar-refractivity contribution in [3.05, 3.63) is 35.9 Å². The van der Waals surface area contributed by atoms with Crippen molar-refractivity contribution in [3.8, 4) is 0 Å². The molecule has 1 aromatic rings. The van der Waals surface area contributed by atoms with Crippen molar-refractivity contribution in [1.29, 1.82) is 0 Å². The van der Waals surface area contributed by atoms with Gasteiger partial charge in [-0.15, -0.1) is 0 Å². The first-order valence-corrected chi connectivity index (χ1v) is 6.19. The van der Waals surface area contributed by atoms with Gasteiger partial charge in [0.05, 0.1) is 6.54 Å². The zero-order valence-corrected chi connectivity index (χ0v) is 10.5. The van der Waals surface area contributed by atoms with E-state index in [0.717, 1.165) is 12.0 Å². The maximum absolute atomic E-state index is 11.8. The van der Waals surface area contributed by atoms with Gasteiger partial charge in [-0.2, -0.15) is 0 Å². The van der Waals surface area contributed by atoms with Gasteiger partial charge in [0.15, 0.2) is 5.78 Å². The molecule has 1 fully saturated rings. The van der Waals surface area contributed by atoms with E-state index < -0.39 is 6.09 Å². The van der Waals surface area contributed by atoms with E-state index in [1.54, 1.807) is 0 Å². The third-order valence-corrected chi connectivity index (χ3v) is 3.20. The van der Waals surface area contributed by atoms with Gasteiger partial charge in [-0.3, -0.25) is 4.79 Å². The third-order valence-electron chi connectivity index (χ3n) is 3.20. The van der Waals surface area contributed by atoms with Crippen molar-refractivity contribution in [1.82, 2.24) is 4.90 Å². The summed E-state index contributed by atoms with van der Waals surface area (Å²) in [6.07, 6.45) is 0.379. The zero-order valence-electron chi connectivity index (χ0n) is 10.5. The number of benzene rings is 1. The minimum absolute atomic E-state index is 0.0192. The molecule has 0 spiro atoms. The second-order valence-corrected chi connectivity index (χ2v) is 4.49. The maximum Gasteiger partial charge on any atom is 0.410 e. The van der Waals surface area contributed by atoms with Crippen molar-refractivity contribution in [2.75, 3.05) is 13.1 Å². The second kappa shape index (κ2) is 5.67. The number of ketones is 1. The SMILES string of the molecule is CCC1CN(C(=O)OCc2ccccc2)CC1=O. The van der Waals surface area contributed by atoms with Gasteiger partial charge in [-0.1, -0.05) is 37.3 Å². The van der Waals surface area contributed by atoms with Crippen LogP contribution < -0.4 is 0 Å². The summed E-state index contributed by atoms with van der Waals surface area (Å²) in [6.45, 7) is 2.89. The predicted molar refractivity (Wildman–Crippen MR) is 67.0 cm³/mol. The van der Waals surface area contributed by atoms with Crippen molar-refractivity contribution in [3.63, 3.8) is 0 Å². The van der Waals surface area contributed by atoms with Crippen LogP contribution in [0.15, 0.2) is 30.3 Å². The fourth-order valence-electron chi connectivity index (χ4n) is 2.06. The average molecular weight is 247 g/mol. The summed E-state index contributed by atoms with van der Waals surface area (Å²) in [5.41, 5.74) is 0.948. The normalized spacial score (nSPS) is 19.1. The summed E-state index contributed by atoms with van der Waals surface area (Å²) in [5, 5.41) is 0. The molecule has 1 saturated heterocycles. The van der Waals surface area contributed by atoms with Crippen molar-refractivity contribution in [2.24, 2.45) is 5.92 Å². The number of ether oxygens (including phenoxy) is 1. The monoisotopic (exact) mass is 247 g/mol. The quantitative estimate of drug-likeness (QED) is 0.823. The van der Waals surface area contributed by atoms with Crippen LogP contribution in [0.4, 0.5) is 4.79 Å². The Bertz CT molecular complexity index is 430. The van der Waals surface area contributed by atoms with Crippen LogP contribution in [0.2, 0.25) is 0 Å². The molecule has 96 valence electrons. The average Bonchev–Trinajstić information content (AvgIpc) is 2.78. The highest BCUT2D eigenvalue weighted by molar-refractivity contribution is 5.89. The summed E-state index contributed by atoms with van der Waals surface area (Å²) in [5.74, 6) is 0.114. The van der Waals surface area contributed by atoms with Crippen LogP contribution in [0.25, 0.3) is 0 Å². The smallest absolute Gasteiger partial charge is 0.410 e. The lowest BCUT2D eigenvalue weighted by Crippen LogP contribution is -2.29. The van der Waals surface area contributed by atoms with Gasteiger partial charge in [-0.05, 0) is 12.0 Å². The van der Waals surface area contributed by atoms with Gasteiger partial charge in [0.2, 0.25) is 0 Å². The Labute approximate surface area is 107 Å². The molecule has 1 heterocycles. The van der Waals surface area contributed by atoms with E-state index in [1.807, 2.05) is 37.3 Å². The lowest BCUT2D eigenvalue weighted by molar-refractivity contribution is -0.119. The Kier molecular flexibility index (Phi) is 3.97. The predicted octanol–water partition coefficient (Wildman–Crippen LogP) is 2.23. The Morgan fingerprint density at radius 2 is 2.11 bits per heavy atom. The van der Waals surface area contributed by atoms with Gasteiger partial charge in [0.1, 0.15) is 6.61 Å². The van der Waals surface area contributed by atoms with Crippen molar-refractivity contribution in [2.45, 2.75) is 20.0 Å². The molecule has 1 aliphatic rings. The highest BCUT2D eigenvalue weighted by Crippen LogP contribution is 2.17. The van der Waals surface area contributed by atoms with E-state index in [4.69, 9.17) is 4.74 Å². The summed E-state index contributed by atoms with van der Waals surface area (Å²) in [7, 11) is 0. The largest absolute Gasteiger partial charge is 0.445 e. The van der Waals surface area contributed by atoms with Gasteiger partial charge >= 0.3 is 6.09 Å². The molecule has 2 rings (SSSR count). The van der Waals surface area contributed by atoms with E-state index in [1.165, 1.54) is 4.90 Å². The highest BCUT2D eigenvalue weighted by Gasteiger charge is 2.32. The van der Waals surface area contributed by atoms with Gasteiger partial charge < -0.3 is 9.64 Å². The summed E-state index contributed by atoms with van der Waals surface area (Å²) >= 11 is 0. The lowest BCUT2D eigenvalue weighted by atomic mass is 10.1. The fourth-order valence-corrected chi connectivity index (χ4v) is 2.06. The summed E-state index contributed by atoms with van der Waals surface area (Å²) in [4.78, 5) is 24.8. The minimum Gasteiger partial charge on any atom is -0.445 e. The van der Waals surface area contributed by atoms with Crippen LogP contribution in [0.1, 0.15) is 18.9 Å². The number of likely N-dealkylation sites (tertiary alicyclic amines) is 1. The molecule has 0 radical (unpaired) electrons. The molecule has 1 atom stereocenters. The first-order valence-electron chi connectivity index (χ1n) is 6.19. The number of hydrogen-bond acceptors (Lipinski definition) is 3. The molecule has 1 aliphatic heterocycles. The van der Waals surface area contributed by atoms with Gasteiger partial charge in [-0.25, -0.2) is 4.79 Å². The van der Waals surface area contributed by atoms with E-state index in [0.29, 0.717) is 6.54 Å². The molecule has 18 heavy (non-hydrogen) atoms. The number of Topliss-reactive ketones (excluding diaryl/α,β-unsaturated/α-hetero) is 1. The summed E-state index contributed by atoms with van der Waals surface area (Å²) in [6, 6.07) is 9.51. The molecule has 0 aliphatic carbocycles. The Morgan fingerprint density at radius 1 is 1.39 bits per heavy atom. The number of carbonyl (C=O) groups excluding carboxylic acids is 2. The van der Waals surface area contributed by atoms with E-state index >= 15 is 0 Å². The fraction of sp³-hybridized carbons (Fsp3) is 0.429. The van der Waals surface area contributed by atoms with Gasteiger partial charge in [0.25, 0.3) is 0 Å². The number of nitrogens with zero attached hydrogens (tertiary/aromatic N) is 1. The lowest BCUT2D eigenvalue weighted by Gasteiger charge is -2.15. The van der Waals surface area contributed by atoms with Crippen molar-refractivity contribution >= 4 is 11.9 Å². The van der Waals surface area contributed by atoms with E-state index in [-0.39, 0.29) is 24.9 Å². The van der Waals surface area contributed by atoms with Crippen LogP contribution >= 0.6 is 0 Å². The standard InChI is InChI=1S/C14H17NO3/c1-2-12-8-15(9-13(12)16)14(17)18-10-11-6-4-3-5-7-11/h3-7,12H,2,8-10H2,1H3. The summed E-state index contributed by atoms with van der Waals surface area (Å²) < 4.78 is 5.19. The van der Waals surface area contributed by atoms with Crippen LogP contribution in [0, 0.1) is 5.92 Å². The van der Waals surface area contributed by atoms with E-state index in [2.05, 4.69) is 0 Å². The van der Waals surface area contributed by atoms with Crippen LogP contribution in [0.3, 0.4) is 0 Å². The molecule has 0 saturated carbocycles. The topological polar surface area (TPSA) is 46.6 Å². The number of rotatable bonds is 3. The van der Waals surface area contributed by atoms with Crippen molar-refractivity contribution < 1.29 is 14.3 Å². The molecule has 0 aromatic heterocycles. The molecular weight excluding hydrogens is 230 g/mol. The minimum atomic E-state index is -0.400. The third kappa shape index (κ3) is 2.88. The van der Waals surface area contributed by atoms with E-state index in [9.17, 15) is 9.59 Å². The molecule has 0 N–H and O–H groups in total. The molecule has 4 heteroatoms. The Hall–Kier alpha value is -1.84. The highest BCUT2D eigenvalue weighted by atomic mass is 16.6.